The van der Waals surface area contributed by atoms with Gasteiger partial charge in [-0.05, 0) is 61.7 Å². The topological polar surface area (TPSA) is 87.7 Å². The number of ether oxygens (including phenoxy) is 1. The Hall–Kier alpha value is -4.13. The van der Waals surface area contributed by atoms with Crippen LogP contribution in [-0.2, 0) is 20.9 Å². The van der Waals surface area contributed by atoms with E-state index in [1.54, 1.807) is 29.2 Å². The largest absolute Gasteiger partial charge is 0.484 e. The first-order chi connectivity index (χ1) is 17.3. The molecule has 0 spiro atoms. The van der Waals surface area contributed by atoms with E-state index in [1.807, 2.05) is 63.2 Å². The number of nitrogens with zero attached hydrogens (tertiary/aromatic N) is 1. The van der Waals surface area contributed by atoms with Gasteiger partial charge in [0.2, 0.25) is 11.8 Å². The summed E-state index contributed by atoms with van der Waals surface area (Å²) in [6.07, 6.45) is 0.177. The van der Waals surface area contributed by atoms with Crippen molar-refractivity contribution in [2.24, 2.45) is 5.92 Å². The van der Waals surface area contributed by atoms with E-state index in [0.717, 1.165) is 27.9 Å². The van der Waals surface area contributed by atoms with Crippen molar-refractivity contribution in [2.45, 2.75) is 33.7 Å². The summed E-state index contributed by atoms with van der Waals surface area (Å²) in [4.78, 5) is 39.2. The Labute approximate surface area is 211 Å². The average molecular weight is 486 g/mol. The van der Waals surface area contributed by atoms with Crippen LogP contribution in [0.15, 0.2) is 66.7 Å². The number of amides is 3. The third-order valence-electron chi connectivity index (χ3n) is 6.27. The summed E-state index contributed by atoms with van der Waals surface area (Å²) in [5.74, 6) is -0.329. The molecule has 1 aliphatic heterocycles. The molecular weight excluding hydrogens is 454 g/mol. The van der Waals surface area contributed by atoms with Gasteiger partial charge in [-0.25, -0.2) is 0 Å². The average Bonchev–Trinajstić information content (AvgIpc) is 3.26. The Morgan fingerprint density at radius 1 is 0.972 bits per heavy atom. The summed E-state index contributed by atoms with van der Waals surface area (Å²) >= 11 is 0. The molecule has 0 bridgehead atoms. The van der Waals surface area contributed by atoms with Crippen molar-refractivity contribution < 1.29 is 19.1 Å². The lowest BCUT2D eigenvalue weighted by molar-refractivity contribution is -0.126. The van der Waals surface area contributed by atoms with Crippen LogP contribution < -0.4 is 20.3 Å². The van der Waals surface area contributed by atoms with Crippen LogP contribution in [0.25, 0.3) is 0 Å². The molecule has 4 rings (SSSR count). The molecule has 7 nitrogen and oxygen atoms in total. The minimum Gasteiger partial charge on any atom is -0.484 e. The number of aryl methyl sites for hydroxylation is 3. The Bertz CT molecular complexity index is 1230. The SMILES string of the molecule is Cc1cc(C)c(NC(=O)COc2ccc(N3C[C@@H](C(=O)NCc4ccccc4)CC3=O)cc2)c(C)c1. The van der Waals surface area contributed by atoms with E-state index in [-0.39, 0.29) is 30.7 Å². The van der Waals surface area contributed by atoms with Crippen LogP contribution in [0.2, 0.25) is 0 Å². The molecule has 7 heteroatoms. The van der Waals surface area contributed by atoms with Crippen LogP contribution in [-0.4, -0.2) is 30.9 Å². The molecule has 0 unspecified atom stereocenters. The maximum Gasteiger partial charge on any atom is 0.262 e. The summed E-state index contributed by atoms with van der Waals surface area (Å²) < 4.78 is 5.64. The summed E-state index contributed by atoms with van der Waals surface area (Å²) in [7, 11) is 0. The second-order valence-corrected chi connectivity index (χ2v) is 9.21. The van der Waals surface area contributed by atoms with E-state index < -0.39 is 5.92 Å². The lowest BCUT2D eigenvalue weighted by Gasteiger charge is -2.17. The molecule has 1 heterocycles. The molecule has 1 atom stereocenters. The number of carbonyl (C=O) groups excluding carboxylic acids is 3. The number of nitrogens with one attached hydrogen (secondary N) is 2. The van der Waals surface area contributed by atoms with Gasteiger partial charge >= 0.3 is 0 Å². The molecule has 1 fully saturated rings. The Morgan fingerprint density at radius 2 is 1.64 bits per heavy atom. The van der Waals surface area contributed by atoms with Crippen LogP contribution in [0, 0.1) is 26.7 Å². The molecule has 2 N–H and O–H groups in total. The van der Waals surface area contributed by atoms with Gasteiger partial charge in [-0.15, -0.1) is 0 Å². The number of hydrogen-bond donors (Lipinski definition) is 2. The second kappa shape index (κ2) is 11.1. The van der Waals surface area contributed by atoms with Crippen LogP contribution in [0.4, 0.5) is 11.4 Å². The molecule has 0 saturated carbocycles. The smallest absolute Gasteiger partial charge is 0.262 e. The van der Waals surface area contributed by atoms with Crippen molar-refractivity contribution in [3.05, 3.63) is 89.0 Å². The first-order valence-corrected chi connectivity index (χ1v) is 12.0. The van der Waals surface area contributed by atoms with Crippen molar-refractivity contribution in [3.8, 4) is 5.75 Å². The minimum atomic E-state index is -0.394. The van der Waals surface area contributed by atoms with Gasteiger partial charge in [0, 0.05) is 30.9 Å². The molecule has 1 aliphatic rings. The van der Waals surface area contributed by atoms with Crippen molar-refractivity contribution >= 4 is 29.1 Å². The molecule has 36 heavy (non-hydrogen) atoms. The van der Waals surface area contributed by atoms with E-state index >= 15 is 0 Å². The van der Waals surface area contributed by atoms with E-state index in [1.165, 1.54) is 0 Å². The fourth-order valence-electron chi connectivity index (χ4n) is 4.49. The zero-order chi connectivity index (χ0) is 25.7. The van der Waals surface area contributed by atoms with Crippen molar-refractivity contribution in [2.75, 3.05) is 23.4 Å². The molecule has 1 saturated heterocycles. The minimum absolute atomic E-state index is 0.0910. The number of rotatable bonds is 8. The molecule has 3 amide bonds. The lowest BCUT2D eigenvalue weighted by Crippen LogP contribution is -2.32. The molecule has 186 valence electrons. The molecule has 0 aliphatic carbocycles. The first kappa shape index (κ1) is 25.0. The fourth-order valence-corrected chi connectivity index (χ4v) is 4.49. The quantitative estimate of drug-likeness (QED) is 0.498. The van der Waals surface area contributed by atoms with Crippen LogP contribution in [0.5, 0.6) is 5.75 Å². The third-order valence-corrected chi connectivity index (χ3v) is 6.27. The van der Waals surface area contributed by atoms with Gasteiger partial charge in [-0.2, -0.15) is 0 Å². The highest BCUT2D eigenvalue weighted by molar-refractivity contribution is 6.00. The van der Waals surface area contributed by atoms with Crippen molar-refractivity contribution in [1.29, 1.82) is 0 Å². The van der Waals surface area contributed by atoms with Crippen molar-refractivity contribution in [3.63, 3.8) is 0 Å². The maximum absolute atomic E-state index is 12.6. The van der Waals surface area contributed by atoms with Gasteiger partial charge in [0.05, 0.1) is 5.92 Å². The summed E-state index contributed by atoms with van der Waals surface area (Å²) in [5, 5.41) is 5.84. The highest BCUT2D eigenvalue weighted by Crippen LogP contribution is 2.27. The zero-order valence-electron chi connectivity index (χ0n) is 20.8. The second-order valence-electron chi connectivity index (χ2n) is 9.21. The molecule has 0 aromatic heterocycles. The monoisotopic (exact) mass is 485 g/mol. The predicted molar refractivity (Wildman–Crippen MR) is 140 cm³/mol. The molecule has 0 radical (unpaired) electrons. The highest BCUT2D eigenvalue weighted by atomic mass is 16.5. The van der Waals surface area contributed by atoms with Crippen LogP contribution in [0.3, 0.4) is 0 Å². The standard InChI is InChI=1S/C29H31N3O4/c1-19-13-20(2)28(21(3)14-19)31-26(33)18-36-25-11-9-24(10-12-25)32-17-23(15-27(32)34)29(35)30-16-22-7-5-4-6-8-22/h4-14,23H,15-18H2,1-3H3,(H,30,35)(H,31,33)/t23-/m0/s1. The van der Waals surface area contributed by atoms with Gasteiger partial charge in [0.15, 0.2) is 6.61 Å². The fraction of sp³-hybridized carbons (Fsp3) is 0.276. The van der Waals surface area contributed by atoms with Gasteiger partial charge in [0.25, 0.3) is 5.91 Å². The van der Waals surface area contributed by atoms with Gasteiger partial charge in [-0.3, -0.25) is 14.4 Å². The van der Waals surface area contributed by atoms with E-state index in [9.17, 15) is 14.4 Å². The number of anilines is 2. The number of carbonyl (C=O) groups is 3. The summed E-state index contributed by atoms with van der Waals surface area (Å²) in [6.45, 7) is 6.59. The first-order valence-electron chi connectivity index (χ1n) is 12.0. The van der Waals surface area contributed by atoms with E-state index in [4.69, 9.17) is 4.74 Å². The van der Waals surface area contributed by atoms with Gasteiger partial charge in [0.1, 0.15) is 5.75 Å². The number of hydrogen-bond acceptors (Lipinski definition) is 4. The third kappa shape index (κ3) is 6.10. The Morgan fingerprint density at radius 3 is 2.31 bits per heavy atom. The van der Waals surface area contributed by atoms with Gasteiger partial charge in [-0.1, -0.05) is 48.0 Å². The Balaban J connectivity index is 1.28. The highest BCUT2D eigenvalue weighted by Gasteiger charge is 2.35. The van der Waals surface area contributed by atoms with E-state index in [0.29, 0.717) is 24.5 Å². The summed E-state index contributed by atoms with van der Waals surface area (Å²) in [6, 6.07) is 20.7. The molecular formula is C29H31N3O4. The van der Waals surface area contributed by atoms with Crippen molar-refractivity contribution in [1.82, 2.24) is 5.32 Å². The molecule has 3 aromatic carbocycles. The van der Waals surface area contributed by atoms with Gasteiger partial charge < -0.3 is 20.3 Å². The molecule has 3 aromatic rings. The lowest BCUT2D eigenvalue weighted by atomic mass is 10.1. The van der Waals surface area contributed by atoms with Crippen LogP contribution in [0.1, 0.15) is 28.7 Å². The summed E-state index contributed by atoms with van der Waals surface area (Å²) in [5.41, 5.74) is 5.68. The van der Waals surface area contributed by atoms with E-state index in [2.05, 4.69) is 10.6 Å². The zero-order valence-corrected chi connectivity index (χ0v) is 20.8. The Kier molecular flexibility index (Phi) is 7.68. The normalized spacial score (nSPS) is 15.0. The maximum atomic E-state index is 12.6. The predicted octanol–water partition coefficient (Wildman–Crippen LogP) is 4.30. The van der Waals surface area contributed by atoms with Crippen LogP contribution >= 0.6 is 0 Å². The number of benzene rings is 3.